The van der Waals surface area contributed by atoms with Gasteiger partial charge in [-0.2, -0.15) is 4.31 Å². The zero-order valence-corrected chi connectivity index (χ0v) is 20.9. The molecule has 32 heavy (non-hydrogen) atoms. The number of anilines is 4. The molecule has 3 aliphatic rings. The Kier molecular flexibility index (Phi) is 5.58. The second kappa shape index (κ2) is 8.15. The standard InChI is InChI=1S/C24H32N4O2S2/c1-5-17-13-18(26(3)4)14-22-24(17)25-23-16(2)12-19(15-21(23)31-22)27-8-10-28(11-9-27)32(29,30)20-6-7-20/h12-15,20,25H,5-11H2,1-4H3. The maximum Gasteiger partial charge on any atom is 0.217 e. The largest absolute Gasteiger partial charge is 0.378 e. The van der Waals surface area contributed by atoms with Crippen molar-refractivity contribution >= 4 is 44.5 Å². The number of rotatable bonds is 5. The van der Waals surface area contributed by atoms with Crippen molar-refractivity contribution in [2.75, 3.05) is 55.4 Å². The maximum atomic E-state index is 12.6. The molecule has 0 bridgehead atoms. The van der Waals surface area contributed by atoms with E-state index in [0.717, 1.165) is 32.4 Å². The van der Waals surface area contributed by atoms with Crippen molar-refractivity contribution < 1.29 is 8.42 Å². The van der Waals surface area contributed by atoms with Crippen molar-refractivity contribution in [2.24, 2.45) is 0 Å². The van der Waals surface area contributed by atoms with E-state index >= 15 is 0 Å². The Labute approximate surface area is 196 Å². The summed E-state index contributed by atoms with van der Waals surface area (Å²) in [5.41, 5.74) is 7.38. The van der Waals surface area contributed by atoms with Crippen LogP contribution in [0.3, 0.4) is 0 Å². The van der Waals surface area contributed by atoms with E-state index in [1.165, 1.54) is 43.7 Å². The summed E-state index contributed by atoms with van der Waals surface area (Å²) in [6, 6.07) is 9.04. The molecule has 6 nitrogen and oxygen atoms in total. The third-order valence-electron chi connectivity index (χ3n) is 6.73. The van der Waals surface area contributed by atoms with E-state index in [-0.39, 0.29) is 5.25 Å². The second-order valence-electron chi connectivity index (χ2n) is 9.22. The third-order valence-corrected chi connectivity index (χ3v) is 10.2. The van der Waals surface area contributed by atoms with Crippen LogP contribution in [0.5, 0.6) is 0 Å². The molecule has 0 unspecified atom stereocenters. The zero-order chi connectivity index (χ0) is 22.6. The molecule has 1 saturated heterocycles. The number of nitrogens with one attached hydrogen (secondary N) is 1. The second-order valence-corrected chi connectivity index (χ2v) is 12.5. The molecule has 0 aromatic heterocycles. The Morgan fingerprint density at radius 2 is 1.72 bits per heavy atom. The highest BCUT2D eigenvalue weighted by Crippen LogP contribution is 2.49. The number of piperazine rings is 1. The number of aryl methyl sites for hydroxylation is 2. The fraction of sp³-hybridized carbons (Fsp3) is 0.500. The highest BCUT2D eigenvalue weighted by Gasteiger charge is 2.41. The summed E-state index contributed by atoms with van der Waals surface area (Å²) in [4.78, 5) is 6.98. The average Bonchev–Trinajstić information content (AvgIpc) is 3.63. The molecular weight excluding hydrogens is 440 g/mol. The maximum absolute atomic E-state index is 12.6. The monoisotopic (exact) mass is 472 g/mol. The summed E-state index contributed by atoms with van der Waals surface area (Å²) in [6.45, 7) is 7.00. The molecule has 2 aromatic rings. The van der Waals surface area contributed by atoms with E-state index in [1.54, 1.807) is 4.31 Å². The van der Waals surface area contributed by atoms with Gasteiger partial charge in [0.1, 0.15) is 0 Å². The van der Waals surface area contributed by atoms with Crippen LogP contribution in [0.2, 0.25) is 0 Å². The van der Waals surface area contributed by atoms with Crippen LogP contribution in [0.15, 0.2) is 34.1 Å². The predicted octanol–water partition coefficient (Wildman–Crippen LogP) is 4.45. The molecule has 172 valence electrons. The molecule has 0 radical (unpaired) electrons. The van der Waals surface area contributed by atoms with Gasteiger partial charge in [0.2, 0.25) is 10.0 Å². The molecule has 2 aliphatic heterocycles. The topological polar surface area (TPSA) is 55.9 Å². The summed E-state index contributed by atoms with van der Waals surface area (Å²) in [7, 11) is 1.09. The Morgan fingerprint density at radius 1 is 1.03 bits per heavy atom. The Bertz CT molecular complexity index is 1150. The Hall–Kier alpha value is -1.90. The summed E-state index contributed by atoms with van der Waals surface area (Å²) < 4.78 is 26.8. The van der Waals surface area contributed by atoms with Crippen LogP contribution >= 0.6 is 11.8 Å². The average molecular weight is 473 g/mol. The molecule has 0 atom stereocenters. The fourth-order valence-electron chi connectivity index (χ4n) is 4.60. The first-order valence-electron chi connectivity index (χ1n) is 11.5. The summed E-state index contributed by atoms with van der Waals surface area (Å²) >= 11 is 1.83. The molecule has 2 heterocycles. The SMILES string of the molecule is CCc1cc(N(C)C)cc2c1Nc1c(C)cc(N3CCN(S(=O)(=O)C4CC4)CC3)cc1S2. The van der Waals surface area contributed by atoms with Gasteiger partial charge in [-0.15, -0.1) is 0 Å². The number of sulfonamides is 1. The third kappa shape index (κ3) is 3.86. The van der Waals surface area contributed by atoms with Crippen molar-refractivity contribution in [3.63, 3.8) is 0 Å². The minimum Gasteiger partial charge on any atom is -0.378 e. The van der Waals surface area contributed by atoms with Crippen LogP contribution < -0.4 is 15.1 Å². The smallest absolute Gasteiger partial charge is 0.217 e. The molecule has 0 spiro atoms. The van der Waals surface area contributed by atoms with Crippen molar-refractivity contribution in [3.8, 4) is 0 Å². The highest BCUT2D eigenvalue weighted by atomic mass is 32.2. The van der Waals surface area contributed by atoms with Crippen LogP contribution in [0, 0.1) is 6.92 Å². The van der Waals surface area contributed by atoms with Gasteiger partial charge in [-0.05, 0) is 61.6 Å². The quantitative estimate of drug-likeness (QED) is 0.592. The lowest BCUT2D eigenvalue weighted by Crippen LogP contribution is -2.49. The molecule has 8 heteroatoms. The van der Waals surface area contributed by atoms with E-state index in [4.69, 9.17) is 0 Å². The minimum atomic E-state index is -3.08. The number of fused-ring (bicyclic) bond motifs is 2. The predicted molar refractivity (Wildman–Crippen MR) is 134 cm³/mol. The first-order chi connectivity index (χ1) is 15.3. The summed E-state index contributed by atoms with van der Waals surface area (Å²) in [5.74, 6) is 0. The number of benzene rings is 2. The van der Waals surface area contributed by atoms with E-state index in [1.807, 2.05) is 11.8 Å². The van der Waals surface area contributed by atoms with Gasteiger partial charge in [0, 0.05) is 61.4 Å². The van der Waals surface area contributed by atoms with Gasteiger partial charge in [0.05, 0.1) is 16.6 Å². The lowest BCUT2D eigenvalue weighted by molar-refractivity contribution is 0.384. The molecule has 2 fully saturated rings. The number of hydrogen-bond donors (Lipinski definition) is 1. The van der Waals surface area contributed by atoms with Gasteiger partial charge >= 0.3 is 0 Å². The zero-order valence-electron chi connectivity index (χ0n) is 19.3. The lowest BCUT2D eigenvalue weighted by atomic mass is 10.1. The summed E-state index contributed by atoms with van der Waals surface area (Å²) in [5, 5.41) is 3.60. The van der Waals surface area contributed by atoms with Gasteiger partial charge in [-0.3, -0.25) is 0 Å². The summed E-state index contributed by atoms with van der Waals surface area (Å²) in [6.07, 6.45) is 2.64. The van der Waals surface area contributed by atoms with Gasteiger partial charge in [0.25, 0.3) is 0 Å². The number of nitrogens with zero attached hydrogens (tertiary/aromatic N) is 3. The van der Waals surface area contributed by atoms with Crippen LogP contribution in [0.4, 0.5) is 22.7 Å². The molecule has 0 amide bonds. The van der Waals surface area contributed by atoms with E-state index in [2.05, 4.69) is 67.3 Å². The van der Waals surface area contributed by atoms with Gasteiger partial charge in [-0.1, -0.05) is 18.7 Å². The van der Waals surface area contributed by atoms with Gasteiger partial charge < -0.3 is 15.1 Å². The van der Waals surface area contributed by atoms with E-state index < -0.39 is 10.0 Å². The molecule has 5 rings (SSSR count). The van der Waals surface area contributed by atoms with Crippen molar-refractivity contribution in [1.82, 2.24) is 4.31 Å². The normalized spacial score (nSPS) is 18.7. The van der Waals surface area contributed by atoms with Crippen LogP contribution in [-0.4, -0.2) is 58.2 Å². The van der Waals surface area contributed by atoms with Crippen LogP contribution in [0.25, 0.3) is 0 Å². The first-order valence-corrected chi connectivity index (χ1v) is 13.8. The van der Waals surface area contributed by atoms with Gasteiger partial charge in [0.15, 0.2) is 0 Å². The van der Waals surface area contributed by atoms with Crippen LogP contribution in [0.1, 0.15) is 30.9 Å². The fourth-order valence-corrected chi connectivity index (χ4v) is 7.62. The van der Waals surface area contributed by atoms with Crippen molar-refractivity contribution in [2.45, 2.75) is 48.2 Å². The van der Waals surface area contributed by atoms with Crippen molar-refractivity contribution in [3.05, 3.63) is 35.4 Å². The molecule has 1 N–H and O–H groups in total. The minimum absolute atomic E-state index is 0.123. The highest BCUT2D eigenvalue weighted by molar-refractivity contribution is 7.99. The molecule has 1 aliphatic carbocycles. The van der Waals surface area contributed by atoms with E-state index in [9.17, 15) is 8.42 Å². The van der Waals surface area contributed by atoms with Gasteiger partial charge in [-0.25, -0.2) is 8.42 Å². The molecular formula is C24H32N4O2S2. The first kappa shape index (κ1) is 21.9. The Morgan fingerprint density at radius 3 is 2.34 bits per heavy atom. The number of hydrogen-bond acceptors (Lipinski definition) is 6. The Balaban J connectivity index is 1.39. The molecule has 2 aromatic carbocycles. The molecule has 1 saturated carbocycles. The van der Waals surface area contributed by atoms with E-state index in [0.29, 0.717) is 13.1 Å². The van der Waals surface area contributed by atoms with Crippen molar-refractivity contribution in [1.29, 1.82) is 0 Å². The van der Waals surface area contributed by atoms with Crippen LogP contribution in [-0.2, 0) is 16.4 Å². The lowest BCUT2D eigenvalue weighted by Gasteiger charge is -2.36.